The molecule has 5 rings (SSSR count). The van der Waals surface area contributed by atoms with Gasteiger partial charge in [0.25, 0.3) is 5.89 Å². The van der Waals surface area contributed by atoms with Crippen LogP contribution in [-0.4, -0.2) is 43.5 Å². The number of methoxy groups -OCH3 is 1. The third kappa shape index (κ3) is 4.08. The summed E-state index contributed by atoms with van der Waals surface area (Å²) in [6.07, 6.45) is 2.04. The summed E-state index contributed by atoms with van der Waals surface area (Å²) in [5.41, 5.74) is 3.74. The first kappa shape index (κ1) is 21.9. The summed E-state index contributed by atoms with van der Waals surface area (Å²) in [4.78, 5) is 10.4. The lowest BCUT2D eigenvalue weighted by Gasteiger charge is -2.03. The minimum atomic E-state index is 0.319. The van der Waals surface area contributed by atoms with E-state index in [2.05, 4.69) is 25.4 Å². The standard InChI is InChI=1S/C24H22N6O3S/c1-14-21(24-26-22(28-33-24)16-9-11-17(34-4)12-10-16)27-29-30(14)13-19-15(2)32-23(25-19)18-7-5-6-8-20(18)31-3/h5-12H,13H2,1-4H3. The van der Waals surface area contributed by atoms with E-state index in [0.29, 0.717) is 41.4 Å². The molecule has 34 heavy (non-hydrogen) atoms. The third-order valence-electron chi connectivity index (χ3n) is 5.49. The Bertz CT molecular complexity index is 1440. The van der Waals surface area contributed by atoms with Gasteiger partial charge in [0.1, 0.15) is 17.2 Å². The first-order chi connectivity index (χ1) is 16.6. The maximum absolute atomic E-state index is 5.92. The fourth-order valence-corrected chi connectivity index (χ4v) is 3.95. The predicted molar refractivity (Wildman–Crippen MR) is 128 cm³/mol. The summed E-state index contributed by atoms with van der Waals surface area (Å²) in [7, 11) is 1.62. The van der Waals surface area contributed by atoms with Gasteiger partial charge in [0, 0.05) is 10.5 Å². The Labute approximate surface area is 200 Å². The minimum Gasteiger partial charge on any atom is -0.496 e. The van der Waals surface area contributed by atoms with Crippen molar-refractivity contribution in [3.63, 3.8) is 0 Å². The number of para-hydroxylation sites is 1. The molecule has 0 fully saturated rings. The third-order valence-corrected chi connectivity index (χ3v) is 6.23. The lowest BCUT2D eigenvalue weighted by atomic mass is 10.2. The summed E-state index contributed by atoms with van der Waals surface area (Å²) in [6.45, 7) is 4.17. The molecule has 0 N–H and O–H groups in total. The van der Waals surface area contributed by atoms with Gasteiger partial charge in [-0.3, -0.25) is 0 Å². The summed E-state index contributed by atoms with van der Waals surface area (Å²) in [5.74, 6) is 2.72. The van der Waals surface area contributed by atoms with Gasteiger partial charge < -0.3 is 13.7 Å². The average molecular weight is 475 g/mol. The van der Waals surface area contributed by atoms with Gasteiger partial charge in [0.15, 0.2) is 5.69 Å². The van der Waals surface area contributed by atoms with E-state index in [1.807, 2.05) is 68.6 Å². The van der Waals surface area contributed by atoms with E-state index < -0.39 is 0 Å². The Morgan fingerprint density at radius 2 is 1.79 bits per heavy atom. The number of hydrogen-bond acceptors (Lipinski definition) is 9. The van der Waals surface area contributed by atoms with Crippen LogP contribution in [0.15, 0.2) is 62.4 Å². The van der Waals surface area contributed by atoms with Crippen LogP contribution in [0.1, 0.15) is 17.1 Å². The summed E-state index contributed by atoms with van der Waals surface area (Å²) in [5, 5.41) is 12.7. The lowest BCUT2D eigenvalue weighted by Crippen LogP contribution is -2.05. The SMILES string of the molecule is COc1ccccc1-c1nc(Cn2nnc(-c3nc(-c4ccc(SC)cc4)no3)c2C)c(C)o1. The highest BCUT2D eigenvalue weighted by molar-refractivity contribution is 7.98. The summed E-state index contributed by atoms with van der Waals surface area (Å²) >= 11 is 1.68. The van der Waals surface area contributed by atoms with Crippen molar-refractivity contribution in [2.24, 2.45) is 0 Å². The molecule has 2 aromatic carbocycles. The number of oxazole rings is 1. The van der Waals surface area contributed by atoms with Gasteiger partial charge in [-0.2, -0.15) is 4.98 Å². The van der Waals surface area contributed by atoms with E-state index in [4.69, 9.17) is 13.7 Å². The molecule has 0 bridgehead atoms. The van der Waals surface area contributed by atoms with Crippen molar-refractivity contribution in [2.45, 2.75) is 25.3 Å². The molecule has 172 valence electrons. The predicted octanol–water partition coefficient (Wildman–Crippen LogP) is 5.05. The summed E-state index contributed by atoms with van der Waals surface area (Å²) < 4.78 is 18.6. The summed E-state index contributed by atoms with van der Waals surface area (Å²) in [6, 6.07) is 15.6. The van der Waals surface area contributed by atoms with Crippen LogP contribution in [0.25, 0.3) is 34.4 Å². The van der Waals surface area contributed by atoms with E-state index in [1.54, 1.807) is 23.6 Å². The van der Waals surface area contributed by atoms with Crippen LogP contribution in [-0.2, 0) is 6.54 Å². The Morgan fingerprint density at radius 1 is 1.00 bits per heavy atom. The fourth-order valence-electron chi connectivity index (χ4n) is 3.54. The monoisotopic (exact) mass is 474 g/mol. The fraction of sp³-hybridized carbons (Fsp3) is 0.208. The van der Waals surface area contributed by atoms with Crippen LogP contribution in [0.2, 0.25) is 0 Å². The van der Waals surface area contributed by atoms with Crippen molar-refractivity contribution in [2.75, 3.05) is 13.4 Å². The van der Waals surface area contributed by atoms with Crippen LogP contribution < -0.4 is 4.74 Å². The molecular weight excluding hydrogens is 452 g/mol. The molecule has 0 spiro atoms. The Kier molecular flexibility index (Phi) is 5.89. The number of hydrogen-bond donors (Lipinski definition) is 0. The first-order valence-electron chi connectivity index (χ1n) is 10.6. The van der Waals surface area contributed by atoms with Crippen molar-refractivity contribution < 1.29 is 13.7 Å². The van der Waals surface area contributed by atoms with Gasteiger partial charge in [-0.15, -0.1) is 16.9 Å². The van der Waals surface area contributed by atoms with Crippen molar-refractivity contribution in [3.05, 3.63) is 65.7 Å². The molecular formula is C24H22N6O3S. The Morgan fingerprint density at radius 3 is 2.56 bits per heavy atom. The molecule has 0 aliphatic heterocycles. The van der Waals surface area contributed by atoms with Crippen LogP contribution in [0.5, 0.6) is 5.75 Å². The number of ether oxygens (including phenoxy) is 1. The average Bonchev–Trinajstić information content (AvgIpc) is 3.59. The molecule has 0 radical (unpaired) electrons. The van der Waals surface area contributed by atoms with E-state index >= 15 is 0 Å². The topological polar surface area (TPSA) is 105 Å². The van der Waals surface area contributed by atoms with Crippen LogP contribution >= 0.6 is 11.8 Å². The van der Waals surface area contributed by atoms with Crippen LogP contribution in [0.3, 0.4) is 0 Å². The van der Waals surface area contributed by atoms with Gasteiger partial charge in [0.05, 0.1) is 24.9 Å². The number of aromatic nitrogens is 6. The van der Waals surface area contributed by atoms with Gasteiger partial charge in [-0.1, -0.05) is 22.5 Å². The largest absolute Gasteiger partial charge is 0.496 e. The zero-order valence-electron chi connectivity index (χ0n) is 19.1. The second kappa shape index (κ2) is 9.14. The molecule has 0 aliphatic carbocycles. The molecule has 10 heteroatoms. The van der Waals surface area contributed by atoms with E-state index in [1.165, 1.54) is 4.90 Å². The van der Waals surface area contributed by atoms with E-state index in [0.717, 1.165) is 22.5 Å². The molecule has 0 atom stereocenters. The van der Waals surface area contributed by atoms with Crippen LogP contribution in [0.4, 0.5) is 0 Å². The molecule has 3 heterocycles. The second-order valence-electron chi connectivity index (χ2n) is 7.55. The first-order valence-corrected chi connectivity index (χ1v) is 11.8. The second-order valence-corrected chi connectivity index (χ2v) is 8.43. The van der Waals surface area contributed by atoms with Gasteiger partial charge in [-0.05, 0) is 56.5 Å². The zero-order valence-corrected chi connectivity index (χ0v) is 20.0. The van der Waals surface area contributed by atoms with Gasteiger partial charge in [-0.25, -0.2) is 9.67 Å². The number of thioether (sulfide) groups is 1. The van der Waals surface area contributed by atoms with Gasteiger partial charge in [0.2, 0.25) is 11.7 Å². The number of benzene rings is 2. The molecule has 0 saturated carbocycles. The zero-order chi connectivity index (χ0) is 23.7. The quantitative estimate of drug-likeness (QED) is 0.300. The highest BCUT2D eigenvalue weighted by atomic mass is 32.2. The maximum atomic E-state index is 5.92. The normalized spacial score (nSPS) is 11.2. The van der Waals surface area contributed by atoms with Crippen molar-refractivity contribution >= 4 is 11.8 Å². The molecule has 9 nitrogen and oxygen atoms in total. The Hall–Kier alpha value is -3.92. The van der Waals surface area contributed by atoms with Crippen molar-refractivity contribution in [1.29, 1.82) is 0 Å². The number of rotatable bonds is 7. The Balaban J connectivity index is 1.39. The molecule has 0 unspecified atom stereocenters. The maximum Gasteiger partial charge on any atom is 0.280 e. The van der Waals surface area contributed by atoms with Crippen molar-refractivity contribution in [1.82, 2.24) is 30.1 Å². The molecule has 3 aromatic heterocycles. The van der Waals surface area contributed by atoms with Crippen LogP contribution in [0, 0.1) is 13.8 Å². The molecule has 0 amide bonds. The highest BCUT2D eigenvalue weighted by Crippen LogP contribution is 2.31. The van der Waals surface area contributed by atoms with Gasteiger partial charge >= 0.3 is 0 Å². The number of nitrogens with zero attached hydrogens (tertiary/aromatic N) is 6. The highest BCUT2D eigenvalue weighted by Gasteiger charge is 2.21. The molecule has 0 saturated heterocycles. The molecule has 5 aromatic rings. The lowest BCUT2D eigenvalue weighted by molar-refractivity contribution is 0.414. The number of aryl methyl sites for hydroxylation is 1. The minimum absolute atomic E-state index is 0.319. The van der Waals surface area contributed by atoms with E-state index in [9.17, 15) is 0 Å². The smallest absolute Gasteiger partial charge is 0.280 e. The molecule has 0 aliphatic rings. The van der Waals surface area contributed by atoms with Crippen molar-refractivity contribution in [3.8, 4) is 40.2 Å². The van der Waals surface area contributed by atoms with E-state index in [-0.39, 0.29) is 0 Å².